The number of phenols is 1. The minimum atomic E-state index is -0.909. The second-order valence-corrected chi connectivity index (χ2v) is 17.8. The maximum Gasteiger partial charge on any atom is 0.303 e. The van der Waals surface area contributed by atoms with Crippen LogP contribution in [0.15, 0.2) is 12.1 Å². The molecule has 2 aliphatic heterocycles. The van der Waals surface area contributed by atoms with Crippen molar-refractivity contribution in [2.75, 3.05) is 20.2 Å². The van der Waals surface area contributed by atoms with Crippen molar-refractivity contribution in [1.29, 1.82) is 0 Å². The number of likely N-dealkylation sites (tertiary alicyclic amines) is 1. The van der Waals surface area contributed by atoms with Gasteiger partial charge >= 0.3 is 5.97 Å². The number of nitrogens with zero attached hydrogens (tertiary/aromatic N) is 1. The average molecular weight is 668 g/mol. The third kappa shape index (κ3) is 5.70. The number of ether oxygens (including phenoxy) is 2. The van der Waals surface area contributed by atoms with Gasteiger partial charge in [0.15, 0.2) is 11.5 Å². The van der Waals surface area contributed by atoms with Crippen molar-refractivity contribution >= 4 is 5.97 Å². The maximum absolute atomic E-state index is 12.2. The summed E-state index contributed by atoms with van der Waals surface area (Å²) in [4.78, 5) is 13.0. The zero-order chi connectivity index (χ0) is 34.5. The van der Waals surface area contributed by atoms with E-state index in [0.29, 0.717) is 18.2 Å². The highest BCUT2D eigenvalue weighted by atomic mass is 16.6. The molecule has 1 aromatic carbocycles. The zero-order valence-corrected chi connectivity index (χ0v) is 30.9. The standard InChI is InChI=1S/C29H41NO4.C12H24O2/c1-25(2,3)26(4,32)20-15-27-10-11-29(20,33-5)24-28(27)12-13-30(16-17-6-7-17)21(27)14-18-8-9-19(31)23(34-24)22(18)28;1-2-3-4-5-6-7-8-9-10-11-12(13)14/h8-9,17,20-21,24,31-32H,6-7,10-16H2,1-5H3;2-11H2,1H3,(H,13,14)/t20-,21-,24-,26+,27-,28+,29+;/m1./s1. The third-order valence-corrected chi connectivity index (χ3v) is 14.4. The number of aromatic hydroxyl groups is 1. The Balaban J connectivity index is 0.000000245. The van der Waals surface area contributed by atoms with Crippen LogP contribution in [0.2, 0.25) is 0 Å². The Kier molecular flexibility index (Phi) is 10.0. The Morgan fingerprint density at radius 2 is 1.67 bits per heavy atom. The van der Waals surface area contributed by atoms with Crippen molar-refractivity contribution < 1.29 is 29.6 Å². The number of hydrogen-bond donors (Lipinski definition) is 3. The lowest BCUT2D eigenvalue weighted by atomic mass is 9.33. The summed E-state index contributed by atoms with van der Waals surface area (Å²) in [7, 11) is 1.83. The largest absolute Gasteiger partial charge is 0.504 e. The van der Waals surface area contributed by atoms with E-state index in [4.69, 9.17) is 14.6 Å². The number of unbranched alkanes of at least 4 members (excludes halogenated alkanes) is 8. The lowest BCUT2D eigenvalue weighted by molar-refractivity contribution is -0.312. The number of piperidine rings is 1. The zero-order valence-electron chi connectivity index (χ0n) is 30.9. The van der Waals surface area contributed by atoms with Crippen molar-refractivity contribution in [3.8, 4) is 11.5 Å². The highest BCUT2D eigenvalue weighted by Gasteiger charge is 2.82. The number of aliphatic carboxylic acids is 1. The van der Waals surface area contributed by atoms with Gasteiger partial charge in [-0.05, 0) is 87.8 Å². The Hall–Kier alpha value is -1.83. The minimum Gasteiger partial charge on any atom is -0.504 e. The quantitative estimate of drug-likeness (QED) is 0.171. The Morgan fingerprint density at radius 3 is 2.27 bits per heavy atom. The summed E-state index contributed by atoms with van der Waals surface area (Å²) < 4.78 is 13.5. The molecule has 5 fully saturated rings. The van der Waals surface area contributed by atoms with Crippen LogP contribution in [-0.2, 0) is 21.4 Å². The van der Waals surface area contributed by atoms with Crippen LogP contribution in [0.3, 0.4) is 0 Å². The van der Waals surface area contributed by atoms with E-state index in [2.05, 4.69) is 38.7 Å². The van der Waals surface area contributed by atoms with Crippen LogP contribution in [0.4, 0.5) is 0 Å². The summed E-state index contributed by atoms with van der Waals surface area (Å²) in [6.07, 6.45) is 19.1. The third-order valence-electron chi connectivity index (χ3n) is 14.4. The molecular formula is C41H65NO6. The van der Waals surface area contributed by atoms with Crippen molar-refractivity contribution in [1.82, 2.24) is 4.90 Å². The monoisotopic (exact) mass is 667 g/mol. The molecule has 7 heteroatoms. The lowest BCUT2D eigenvalue weighted by Gasteiger charge is -2.75. The number of phenolic OH excluding ortho intramolecular Hbond substituents is 1. The summed E-state index contributed by atoms with van der Waals surface area (Å²) in [5, 5.41) is 31.6. The highest BCUT2D eigenvalue weighted by molar-refractivity contribution is 5.66. The molecule has 7 nitrogen and oxygen atoms in total. The average Bonchev–Trinajstić information content (AvgIpc) is 3.78. The van der Waals surface area contributed by atoms with Gasteiger partial charge in [-0.25, -0.2) is 0 Å². The summed E-state index contributed by atoms with van der Waals surface area (Å²) >= 11 is 0. The number of carboxylic acids is 1. The number of rotatable bonds is 14. The molecule has 1 saturated heterocycles. The fourth-order valence-electron chi connectivity index (χ4n) is 11.2. The molecule has 48 heavy (non-hydrogen) atoms. The second kappa shape index (κ2) is 13.4. The van der Waals surface area contributed by atoms with Gasteiger partial charge < -0.3 is 24.8 Å². The van der Waals surface area contributed by atoms with Gasteiger partial charge in [-0.2, -0.15) is 0 Å². The van der Waals surface area contributed by atoms with Crippen LogP contribution in [-0.4, -0.2) is 69.7 Å². The molecule has 1 aromatic rings. The van der Waals surface area contributed by atoms with Crippen LogP contribution >= 0.6 is 0 Å². The fourth-order valence-corrected chi connectivity index (χ4v) is 11.2. The Bertz CT molecular complexity index is 1320. The molecule has 2 spiro atoms. The van der Waals surface area contributed by atoms with E-state index in [9.17, 15) is 15.0 Å². The summed E-state index contributed by atoms with van der Waals surface area (Å²) in [5.41, 5.74) is 0.783. The van der Waals surface area contributed by atoms with Crippen molar-refractivity contribution in [3.05, 3.63) is 23.3 Å². The minimum absolute atomic E-state index is 0.0294. The highest BCUT2D eigenvalue weighted by Crippen LogP contribution is 2.78. The summed E-state index contributed by atoms with van der Waals surface area (Å²) in [5.74, 6) is 1.14. The maximum atomic E-state index is 12.2. The first kappa shape index (κ1) is 36.0. The molecule has 7 atom stereocenters. The normalized spacial score (nSPS) is 34.1. The fraction of sp³-hybridized carbons (Fsp3) is 0.829. The number of benzene rings is 1. The van der Waals surface area contributed by atoms with E-state index < -0.39 is 17.2 Å². The molecule has 2 heterocycles. The van der Waals surface area contributed by atoms with Crippen LogP contribution in [0.5, 0.6) is 11.5 Å². The predicted molar refractivity (Wildman–Crippen MR) is 190 cm³/mol. The molecule has 7 aliphatic rings. The summed E-state index contributed by atoms with van der Waals surface area (Å²) in [6.45, 7) is 13.0. The van der Waals surface area contributed by atoms with Gasteiger partial charge in [0, 0.05) is 48.4 Å². The number of fused-ring (bicyclic) bond motifs is 2. The molecule has 0 amide bonds. The SMILES string of the molecule is CCCCCCCCCCCC(=O)O.CO[C@@]12CC[C@@]3(C[C@@H]1[C@](C)(O)C(C)(C)C)[C@H]1Cc4ccc(O)c5c4[C@@]3(CCN1CC1CC1)[C@H]2O5. The smallest absolute Gasteiger partial charge is 0.303 e. The van der Waals surface area contributed by atoms with E-state index in [1.807, 2.05) is 20.1 Å². The first-order valence-electron chi connectivity index (χ1n) is 19.5. The van der Waals surface area contributed by atoms with Crippen LogP contribution in [0, 0.1) is 22.7 Å². The van der Waals surface area contributed by atoms with Crippen LogP contribution in [0.25, 0.3) is 0 Å². The molecule has 4 saturated carbocycles. The van der Waals surface area contributed by atoms with Gasteiger partial charge in [0.05, 0.1) is 5.60 Å². The van der Waals surface area contributed by atoms with E-state index in [0.717, 1.165) is 57.4 Å². The van der Waals surface area contributed by atoms with E-state index in [-0.39, 0.29) is 34.0 Å². The van der Waals surface area contributed by atoms with Gasteiger partial charge in [0.1, 0.15) is 11.7 Å². The van der Waals surface area contributed by atoms with E-state index in [1.165, 1.54) is 75.5 Å². The number of carboxylic acid groups (broad SMARTS) is 1. The molecule has 0 radical (unpaired) electrons. The van der Waals surface area contributed by atoms with Gasteiger partial charge in [-0.3, -0.25) is 9.69 Å². The van der Waals surface area contributed by atoms with Crippen molar-refractivity contribution in [2.24, 2.45) is 22.7 Å². The van der Waals surface area contributed by atoms with Gasteiger partial charge in [-0.1, -0.05) is 85.1 Å². The van der Waals surface area contributed by atoms with E-state index in [1.54, 1.807) is 0 Å². The molecule has 0 aromatic heterocycles. The van der Waals surface area contributed by atoms with Gasteiger partial charge in [-0.15, -0.1) is 0 Å². The molecule has 5 aliphatic carbocycles. The Labute approximate surface area is 290 Å². The lowest BCUT2D eigenvalue weighted by Crippen LogP contribution is -2.83. The molecule has 3 N–H and O–H groups in total. The van der Waals surface area contributed by atoms with Crippen molar-refractivity contribution in [3.63, 3.8) is 0 Å². The molecule has 270 valence electrons. The van der Waals surface area contributed by atoms with Crippen molar-refractivity contribution in [2.45, 2.75) is 173 Å². The van der Waals surface area contributed by atoms with E-state index >= 15 is 0 Å². The number of hydrogen-bond acceptors (Lipinski definition) is 6. The molecule has 4 bridgehead atoms. The molecule has 0 unspecified atom stereocenters. The number of aliphatic hydroxyl groups is 1. The molecule has 8 rings (SSSR count). The topological polar surface area (TPSA) is 99.5 Å². The number of carbonyl (C=O) groups is 1. The first-order chi connectivity index (χ1) is 22.8. The first-order valence-corrected chi connectivity index (χ1v) is 19.5. The van der Waals surface area contributed by atoms with Gasteiger partial charge in [0.25, 0.3) is 0 Å². The Morgan fingerprint density at radius 1 is 1.00 bits per heavy atom. The van der Waals surface area contributed by atoms with Gasteiger partial charge in [0.2, 0.25) is 0 Å². The van der Waals surface area contributed by atoms with Crippen LogP contribution in [0.1, 0.15) is 148 Å². The van der Waals surface area contributed by atoms with Crippen LogP contribution < -0.4 is 4.74 Å². The molecular weight excluding hydrogens is 602 g/mol. The number of methoxy groups -OCH3 is 1. The predicted octanol–water partition coefficient (Wildman–Crippen LogP) is 8.41. The summed E-state index contributed by atoms with van der Waals surface area (Å²) in [6, 6.07) is 4.46. The second-order valence-electron chi connectivity index (χ2n) is 17.8.